The summed E-state index contributed by atoms with van der Waals surface area (Å²) in [5.74, 6) is -3.00. The number of phenols is 1. The predicted molar refractivity (Wildman–Crippen MR) is 123 cm³/mol. The van der Waals surface area contributed by atoms with E-state index >= 15 is 0 Å². The molecule has 7 N–H and O–H groups in total. The first kappa shape index (κ1) is 27.9. The number of nitrogens with two attached hydrogens (primary N) is 1. The number of amides is 3. The average molecular weight is 465 g/mol. The number of carbonyl (C=O) groups is 4. The van der Waals surface area contributed by atoms with Crippen LogP contribution in [0.2, 0.25) is 0 Å². The van der Waals surface area contributed by atoms with Crippen molar-refractivity contribution >= 4 is 23.7 Å². The van der Waals surface area contributed by atoms with Gasteiger partial charge in [-0.15, -0.1) is 0 Å². The van der Waals surface area contributed by atoms with E-state index in [1.807, 2.05) is 13.8 Å². The summed E-state index contributed by atoms with van der Waals surface area (Å²) < 4.78 is 0. The standard InChI is InChI=1S/C23H36N4O6/c1-12(2)10-17(24)20(29)27-19(13(3)4)22(31)26-18(21(30)25-14(5)23(32)33)11-15-6-8-16(28)9-7-15/h6-9,12-14,17-19,28H,10-11,24H2,1-5H3,(H,25,30)(H,26,31)(H,27,29)(H,32,33). The normalized spacial score (nSPS) is 14.8. The molecule has 0 aliphatic rings. The van der Waals surface area contributed by atoms with E-state index in [0.717, 1.165) is 0 Å². The van der Waals surface area contributed by atoms with Gasteiger partial charge in [-0.25, -0.2) is 0 Å². The Kier molecular flexibility index (Phi) is 10.8. The molecular weight excluding hydrogens is 428 g/mol. The Balaban J connectivity index is 3.04. The van der Waals surface area contributed by atoms with Crippen LogP contribution in [0.5, 0.6) is 5.75 Å². The van der Waals surface area contributed by atoms with Crippen molar-refractivity contribution in [1.82, 2.24) is 16.0 Å². The largest absolute Gasteiger partial charge is 0.508 e. The van der Waals surface area contributed by atoms with Crippen LogP contribution in [0, 0.1) is 11.8 Å². The summed E-state index contributed by atoms with van der Waals surface area (Å²) in [5, 5.41) is 26.2. The zero-order valence-corrected chi connectivity index (χ0v) is 19.8. The van der Waals surface area contributed by atoms with Gasteiger partial charge >= 0.3 is 5.97 Å². The first-order valence-electron chi connectivity index (χ1n) is 11.0. The Bertz CT molecular complexity index is 825. The van der Waals surface area contributed by atoms with Crippen LogP contribution in [0.1, 0.15) is 46.6 Å². The summed E-state index contributed by atoms with van der Waals surface area (Å²) in [6, 6.07) is 2.09. The van der Waals surface area contributed by atoms with Gasteiger partial charge in [0, 0.05) is 6.42 Å². The molecule has 0 aliphatic carbocycles. The van der Waals surface area contributed by atoms with Crippen LogP contribution < -0.4 is 21.7 Å². The molecule has 1 aromatic rings. The van der Waals surface area contributed by atoms with Crippen molar-refractivity contribution in [1.29, 1.82) is 0 Å². The highest BCUT2D eigenvalue weighted by Gasteiger charge is 2.31. The molecule has 0 fully saturated rings. The van der Waals surface area contributed by atoms with Gasteiger partial charge in [0.2, 0.25) is 17.7 Å². The molecule has 10 nitrogen and oxygen atoms in total. The third-order valence-electron chi connectivity index (χ3n) is 5.05. The van der Waals surface area contributed by atoms with Gasteiger partial charge in [-0.2, -0.15) is 0 Å². The van der Waals surface area contributed by atoms with E-state index in [0.29, 0.717) is 12.0 Å². The number of carbonyl (C=O) groups excluding carboxylic acids is 3. The first-order chi connectivity index (χ1) is 15.3. The molecule has 0 saturated carbocycles. The minimum absolute atomic E-state index is 0.0450. The predicted octanol–water partition coefficient (Wildman–Crippen LogP) is 0.523. The topological polar surface area (TPSA) is 171 Å². The van der Waals surface area contributed by atoms with E-state index < -0.39 is 47.9 Å². The van der Waals surface area contributed by atoms with Crippen molar-refractivity contribution in [2.45, 2.75) is 71.6 Å². The Morgan fingerprint density at radius 2 is 1.45 bits per heavy atom. The zero-order chi connectivity index (χ0) is 25.3. The lowest BCUT2D eigenvalue weighted by Crippen LogP contribution is -2.58. The number of benzene rings is 1. The van der Waals surface area contributed by atoms with Crippen LogP contribution in [0.3, 0.4) is 0 Å². The maximum absolute atomic E-state index is 13.0. The molecule has 0 aliphatic heterocycles. The van der Waals surface area contributed by atoms with Crippen LogP contribution in [-0.2, 0) is 25.6 Å². The number of aliphatic carboxylic acids is 1. The van der Waals surface area contributed by atoms with Gasteiger partial charge in [-0.1, -0.05) is 39.8 Å². The maximum atomic E-state index is 13.0. The fourth-order valence-electron chi connectivity index (χ4n) is 3.12. The number of aromatic hydroxyl groups is 1. The third kappa shape index (κ3) is 9.48. The Hall–Kier alpha value is -3.14. The van der Waals surface area contributed by atoms with Crippen molar-refractivity contribution in [3.05, 3.63) is 29.8 Å². The second kappa shape index (κ2) is 12.8. The molecule has 0 bridgehead atoms. The Morgan fingerprint density at radius 1 is 0.879 bits per heavy atom. The molecule has 3 amide bonds. The molecule has 0 radical (unpaired) electrons. The molecule has 1 aromatic carbocycles. The van der Waals surface area contributed by atoms with E-state index in [9.17, 15) is 24.3 Å². The number of hydrogen-bond donors (Lipinski definition) is 6. The lowest BCUT2D eigenvalue weighted by molar-refractivity contribution is -0.141. The summed E-state index contributed by atoms with van der Waals surface area (Å²) in [6.07, 6.45) is 0.507. The van der Waals surface area contributed by atoms with Crippen LogP contribution in [-0.4, -0.2) is 58.1 Å². The Morgan fingerprint density at radius 3 is 1.94 bits per heavy atom. The second-order valence-electron chi connectivity index (χ2n) is 8.97. The van der Waals surface area contributed by atoms with E-state index in [2.05, 4.69) is 16.0 Å². The molecule has 0 spiro atoms. The summed E-state index contributed by atoms with van der Waals surface area (Å²) in [6.45, 7) is 8.68. The molecule has 33 heavy (non-hydrogen) atoms. The lowest BCUT2D eigenvalue weighted by atomic mass is 9.99. The van der Waals surface area contributed by atoms with Gasteiger partial charge in [0.05, 0.1) is 6.04 Å². The van der Waals surface area contributed by atoms with Gasteiger partial charge in [0.1, 0.15) is 23.9 Å². The second-order valence-corrected chi connectivity index (χ2v) is 8.97. The van der Waals surface area contributed by atoms with Gasteiger partial charge in [0.15, 0.2) is 0 Å². The third-order valence-corrected chi connectivity index (χ3v) is 5.05. The number of hydrogen-bond acceptors (Lipinski definition) is 6. The van der Waals surface area contributed by atoms with Gasteiger partial charge in [-0.3, -0.25) is 19.2 Å². The smallest absolute Gasteiger partial charge is 0.325 e. The fraction of sp³-hybridized carbons (Fsp3) is 0.565. The quantitative estimate of drug-likeness (QED) is 0.262. The highest BCUT2D eigenvalue weighted by Crippen LogP contribution is 2.12. The van der Waals surface area contributed by atoms with Gasteiger partial charge < -0.3 is 31.9 Å². The molecule has 10 heteroatoms. The van der Waals surface area contributed by atoms with Gasteiger partial charge in [0.25, 0.3) is 0 Å². The molecular formula is C23H36N4O6. The van der Waals surface area contributed by atoms with E-state index in [-0.39, 0.29) is 24.0 Å². The van der Waals surface area contributed by atoms with Crippen LogP contribution in [0.4, 0.5) is 0 Å². The van der Waals surface area contributed by atoms with Crippen molar-refractivity contribution in [2.24, 2.45) is 17.6 Å². The molecule has 4 unspecified atom stereocenters. The molecule has 0 saturated heterocycles. The maximum Gasteiger partial charge on any atom is 0.325 e. The SMILES string of the molecule is CC(C)CC(N)C(=O)NC(C(=O)NC(Cc1ccc(O)cc1)C(=O)NC(C)C(=O)O)C(C)C. The number of rotatable bonds is 12. The zero-order valence-electron chi connectivity index (χ0n) is 19.8. The first-order valence-corrected chi connectivity index (χ1v) is 11.0. The van der Waals surface area contributed by atoms with Crippen molar-refractivity contribution in [2.75, 3.05) is 0 Å². The summed E-state index contributed by atoms with van der Waals surface area (Å²) in [7, 11) is 0. The highest BCUT2D eigenvalue weighted by molar-refractivity contribution is 5.94. The lowest BCUT2D eigenvalue weighted by Gasteiger charge is -2.27. The highest BCUT2D eigenvalue weighted by atomic mass is 16.4. The molecule has 0 heterocycles. The van der Waals surface area contributed by atoms with Crippen molar-refractivity contribution in [3.63, 3.8) is 0 Å². The van der Waals surface area contributed by atoms with E-state index in [1.165, 1.54) is 19.1 Å². The molecule has 4 atom stereocenters. The fourth-order valence-corrected chi connectivity index (χ4v) is 3.12. The monoisotopic (exact) mass is 464 g/mol. The van der Waals surface area contributed by atoms with Crippen molar-refractivity contribution in [3.8, 4) is 5.75 Å². The van der Waals surface area contributed by atoms with Crippen LogP contribution in [0.15, 0.2) is 24.3 Å². The van der Waals surface area contributed by atoms with Gasteiger partial charge in [-0.05, 0) is 42.9 Å². The van der Waals surface area contributed by atoms with E-state index in [1.54, 1.807) is 26.0 Å². The average Bonchev–Trinajstić information content (AvgIpc) is 2.71. The summed E-state index contributed by atoms with van der Waals surface area (Å²) in [5.41, 5.74) is 6.57. The molecule has 184 valence electrons. The Labute approximate surface area is 194 Å². The van der Waals surface area contributed by atoms with Crippen LogP contribution >= 0.6 is 0 Å². The van der Waals surface area contributed by atoms with Crippen LogP contribution in [0.25, 0.3) is 0 Å². The summed E-state index contributed by atoms with van der Waals surface area (Å²) in [4.78, 5) is 49.4. The van der Waals surface area contributed by atoms with Crippen molar-refractivity contribution < 1.29 is 29.4 Å². The number of carboxylic acids is 1. The minimum Gasteiger partial charge on any atom is -0.508 e. The number of phenolic OH excluding ortho intramolecular Hbond substituents is 1. The molecule has 0 aromatic heterocycles. The molecule has 1 rings (SSSR count). The minimum atomic E-state index is -1.22. The number of nitrogens with one attached hydrogen (secondary N) is 3. The number of carboxylic acid groups (broad SMARTS) is 1. The van der Waals surface area contributed by atoms with E-state index in [4.69, 9.17) is 10.8 Å². The summed E-state index contributed by atoms with van der Waals surface area (Å²) >= 11 is 0.